The van der Waals surface area contributed by atoms with E-state index in [9.17, 15) is 9.59 Å². The van der Waals surface area contributed by atoms with Gasteiger partial charge in [-0.1, -0.05) is 0 Å². The van der Waals surface area contributed by atoms with Crippen molar-refractivity contribution in [2.24, 2.45) is 0 Å². The van der Waals surface area contributed by atoms with Crippen molar-refractivity contribution in [1.29, 1.82) is 0 Å². The van der Waals surface area contributed by atoms with Gasteiger partial charge in [0.2, 0.25) is 5.43 Å². The second-order valence-corrected chi connectivity index (χ2v) is 4.29. The van der Waals surface area contributed by atoms with Crippen molar-refractivity contribution in [1.82, 2.24) is 4.98 Å². The van der Waals surface area contributed by atoms with Gasteiger partial charge in [0.25, 0.3) is 5.91 Å². The summed E-state index contributed by atoms with van der Waals surface area (Å²) in [5.74, 6) is -0.250. The van der Waals surface area contributed by atoms with E-state index in [4.69, 9.17) is 4.42 Å². The van der Waals surface area contributed by atoms with Gasteiger partial charge in [-0.25, -0.2) is 0 Å². The van der Waals surface area contributed by atoms with Crippen LogP contribution in [-0.2, 0) is 0 Å². The summed E-state index contributed by atoms with van der Waals surface area (Å²) in [5, 5.41) is 2.49. The number of pyridine rings is 1. The molecule has 2 heterocycles. The molecule has 2 aromatic rings. The fraction of sp³-hybridized carbons (Fsp3) is 0.0909. The molecule has 6 heteroatoms. The minimum Gasteiger partial charge on any atom is -0.459 e. The minimum absolute atomic E-state index is 0.167. The van der Waals surface area contributed by atoms with Crippen LogP contribution in [0.15, 0.2) is 38.4 Å². The van der Waals surface area contributed by atoms with E-state index < -0.39 is 5.91 Å². The van der Waals surface area contributed by atoms with Crippen molar-refractivity contribution < 1.29 is 9.21 Å². The number of rotatable bonds is 2. The monoisotopic (exact) mass is 296 g/mol. The van der Waals surface area contributed by atoms with Crippen LogP contribution in [0.4, 0.5) is 5.69 Å². The molecule has 0 aliphatic carbocycles. The van der Waals surface area contributed by atoms with Gasteiger partial charge in [0.05, 0.1) is 10.7 Å². The molecule has 2 aromatic heterocycles. The minimum atomic E-state index is -0.448. The van der Waals surface area contributed by atoms with Crippen LogP contribution >= 0.6 is 15.9 Å². The van der Waals surface area contributed by atoms with E-state index in [1.54, 1.807) is 13.0 Å². The molecule has 1 amide bonds. The van der Waals surface area contributed by atoms with E-state index in [2.05, 4.69) is 26.2 Å². The Hall–Kier alpha value is -1.82. The molecule has 0 aromatic carbocycles. The SMILES string of the molecule is Cc1ccoc1C(=O)Nc1c[nH]cc(Br)c1=O. The molecule has 0 saturated heterocycles. The number of nitrogens with one attached hydrogen (secondary N) is 2. The predicted octanol–water partition coefficient (Wildman–Crippen LogP) is 2.29. The number of carbonyl (C=O) groups excluding carboxylic acids is 1. The van der Waals surface area contributed by atoms with E-state index in [0.29, 0.717) is 10.0 Å². The molecule has 0 aliphatic heterocycles. The number of amides is 1. The lowest BCUT2D eigenvalue weighted by atomic mass is 10.2. The Bertz CT molecular complexity index is 615. The maximum atomic E-state index is 11.8. The van der Waals surface area contributed by atoms with Gasteiger partial charge in [-0.15, -0.1) is 0 Å². The molecule has 0 bridgehead atoms. The van der Waals surface area contributed by atoms with Crippen molar-refractivity contribution in [3.63, 3.8) is 0 Å². The zero-order chi connectivity index (χ0) is 12.4. The van der Waals surface area contributed by atoms with E-state index in [1.165, 1.54) is 18.7 Å². The summed E-state index contributed by atoms with van der Waals surface area (Å²) in [6.07, 6.45) is 4.34. The predicted molar refractivity (Wildman–Crippen MR) is 66.2 cm³/mol. The van der Waals surface area contributed by atoms with Gasteiger partial charge in [0, 0.05) is 18.0 Å². The number of aryl methyl sites for hydroxylation is 1. The van der Waals surface area contributed by atoms with Crippen LogP contribution in [0.2, 0.25) is 0 Å². The highest BCUT2D eigenvalue weighted by molar-refractivity contribution is 9.10. The van der Waals surface area contributed by atoms with Crippen LogP contribution in [0.1, 0.15) is 16.1 Å². The fourth-order valence-electron chi connectivity index (χ4n) is 1.34. The van der Waals surface area contributed by atoms with E-state index >= 15 is 0 Å². The quantitative estimate of drug-likeness (QED) is 0.893. The van der Waals surface area contributed by atoms with Crippen LogP contribution in [-0.4, -0.2) is 10.9 Å². The van der Waals surface area contributed by atoms with Crippen LogP contribution in [0, 0.1) is 6.92 Å². The average molecular weight is 297 g/mol. The van der Waals surface area contributed by atoms with Crippen LogP contribution in [0.3, 0.4) is 0 Å². The van der Waals surface area contributed by atoms with Crippen molar-refractivity contribution in [2.45, 2.75) is 6.92 Å². The first kappa shape index (κ1) is 11.7. The normalized spacial score (nSPS) is 10.2. The third-order valence-corrected chi connectivity index (χ3v) is 2.80. The maximum absolute atomic E-state index is 11.8. The fourth-order valence-corrected chi connectivity index (χ4v) is 1.68. The molecule has 0 aliphatic rings. The van der Waals surface area contributed by atoms with Gasteiger partial charge in [0.1, 0.15) is 5.69 Å². The Kier molecular flexibility index (Phi) is 3.14. The highest BCUT2D eigenvalue weighted by Crippen LogP contribution is 2.11. The maximum Gasteiger partial charge on any atom is 0.291 e. The summed E-state index contributed by atoms with van der Waals surface area (Å²) >= 11 is 3.08. The molecule has 0 saturated carbocycles. The summed E-state index contributed by atoms with van der Waals surface area (Å²) < 4.78 is 5.39. The lowest BCUT2D eigenvalue weighted by Gasteiger charge is -2.03. The third kappa shape index (κ3) is 2.31. The number of hydrogen-bond donors (Lipinski definition) is 2. The molecule has 88 valence electrons. The highest BCUT2D eigenvalue weighted by Gasteiger charge is 2.14. The van der Waals surface area contributed by atoms with Crippen LogP contribution < -0.4 is 10.7 Å². The molecule has 0 spiro atoms. The smallest absolute Gasteiger partial charge is 0.291 e. The molecule has 0 fully saturated rings. The number of carbonyl (C=O) groups is 1. The second kappa shape index (κ2) is 4.58. The molecule has 2 rings (SSSR count). The Morgan fingerprint density at radius 2 is 2.24 bits per heavy atom. The average Bonchev–Trinajstić information content (AvgIpc) is 2.71. The first-order chi connectivity index (χ1) is 8.09. The summed E-state index contributed by atoms with van der Waals surface area (Å²) in [7, 11) is 0. The van der Waals surface area contributed by atoms with E-state index in [0.717, 1.165) is 0 Å². The zero-order valence-electron chi connectivity index (χ0n) is 8.91. The molecule has 0 unspecified atom stereocenters. The summed E-state index contributed by atoms with van der Waals surface area (Å²) in [5.41, 5.74) is 0.593. The Labute approximate surface area is 105 Å². The lowest BCUT2D eigenvalue weighted by molar-refractivity contribution is 0.0995. The Balaban J connectivity index is 2.28. The second-order valence-electron chi connectivity index (χ2n) is 3.43. The van der Waals surface area contributed by atoms with Crippen molar-refractivity contribution in [3.8, 4) is 0 Å². The summed E-state index contributed by atoms with van der Waals surface area (Å²) in [4.78, 5) is 26.2. The molecular weight excluding hydrogens is 288 g/mol. The Morgan fingerprint density at radius 3 is 2.88 bits per heavy atom. The van der Waals surface area contributed by atoms with Crippen molar-refractivity contribution in [3.05, 3.63) is 50.7 Å². The van der Waals surface area contributed by atoms with Gasteiger partial charge in [-0.2, -0.15) is 0 Å². The van der Waals surface area contributed by atoms with Gasteiger partial charge < -0.3 is 14.7 Å². The highest BCUT2D eigenvalue weighted by atomic mass is 79.9. The topological polar surface area (TPSA) is 75.1 Å². The number of anilines is 1. The standard InChI is InChI=1S/C11H9BrN2O3/c1-6-2-3-17-10(6)11(16)14-8-5-13-4-7(12)9(8)15/h2-5H,1H3,(H,13,15)(H,14,16). The van der Waals surface area contributed by atoms with E-state index in [-0.39, 0.29) is 16.9 Å². The van der Waals surface area contributed by atoms with Crippen molar-refractivity contribution in [2.75, 3.05) is 5.32 Å². The number of furan rings is 1. The van der Waals surface area contributed by atoms with Gasteiger partial charge >= 0.3 is 0 Å². The number of aromatic nitrogens is 1. The van der Waals surface area contributed by atoms with E-state index in [1.807, 2.05) is 0 Å². The van der Waals surface area contributed by atoms with Crippen LogP contribution in [0.5, 0.6) is 0 Å². The van der Waals surface area contributed by atoms with Gasteiger partial charge in [-0.3, -0.25) is 9.59 Å². The molecule has 0 atom stereocenters. The lowest BCUT2D eigenvalue weighted by Crippen LogP contribution is -2.19. The number of hydrogen-bond acceptors (Lipinski definition) is 3. The number of H-pyrrole nitrogens is 1. The number of aromatic amines is 1. The molecule has 0 radical (unpaired) electrons. The summed E-state index contributed by atoms with van der Waals surface area (Å²) in [6, 6.07) is 1.68. The first-order valence-corrected chi connectivity index (χ1v) is 5.61. The Morgan fingerprint density at radius 1 is 1.47 bits per heavy atom. The third-order valence-electron chi connectivity index (χ3n) is 2.22. The van der Waals surface area contributed by atoms with Crippen LogP contribution in [0.25, 0.3) is 0 Å². The summed E-state index contributed by atoms with van der Waals surface area (Å²) in [6.45, 7) is 1.75. The number of halogens is 1. The van der Waals surface area contributed by atoms with Gasteiger partial charge in [0.15, 0.2) is 5.76 Å². The molecule has 17 heavy (non-hydrogen) atoms. The first-order valence-electron chi connectivity index (χ1n) is 4.81. The zero-order valence-corrected chi connectivity index (χ0v) is 10.5. The largest absolute Gasteiger partial charge is 0.459 e. The molecule has 2 N–H and O–H groups in total. The van der Waals surface area contributed by atoms with Crippen molar-refractivity contribution >= 4 is 27.5 Å². The molecular formula is C11H9BrN2O3. The molecule has 5 nitrogen and oxygen atoms in total. The van der Waals surface area contributed by atoms with Gasteiger partial charge in [-0.05, 0) is 28.9 Å².